The van der Waals surface area contributed by atoms with Crippen molar-refractivity contribution in [1.29, 1.82) is 0 Å². The third kappa shape index (κ3) is 10.5. The fraction of sp³-hybridized carbons (Fsp3) is 1.00. The molecule has 0 aliphatic rings. The van der Waals surface area contributed by atoms with E-state index < -0.39 is 0 Å². The van der Waals surface area contributed by atoms with E-state index in [1.165, 1.54) is 0 Å². The second-order valence-electron chi connectivity index (χ2n) is 1.84. The number of nitrogens with zero attached hydrogens (tertiary/aromatic N) is 2. The first-order chi connectivity index (χ1) is 3.27. The van der Waals surface area contributed by atoms with Crippen LogP contribution in [-0.4, -0.2) is 39.1 Å². The predicted molar refractivity (Wildman–Crippen MR) is 32.7 cm³/mol. The molecule has 0 aromatic heterocycles. The molecule has 0 bridgehead atoms. The molecule has 0 N–H and O–H groups in total. The van der Waals surface area contributed by atoms with Crippen molar-refractivity contribution in [2.24, 2.45) is 0 Å². The molecule has 0 aromatic rings. The standard InChI is InChI=1S/C5H13N2.K/c1-6-4-5-7(2)3;/h4-5H2,1-3H3;/q-1;+1. The maximum Gasteiger partial charge on any atom is 1.00 e. The van der Waals surface area contributed by atoms with Gasteiger partial charge >= 0.3 is 51.4 Å². The fourth-order valence-corrected chi connectivity index (χ4v) is 0.300. The molecule has 0 radical (unpaired) electrons. The van der Waals surface area contributed by atoms with Gasteiger partial charge in [0.25, 0.3) is 0 Å². The van der Waals surface area contributed by atoms with Crippen molar-refractivity contribution in [3.63, 3.8) is 0 Å². The first-order valence-electron chi connectivity index (χ1n) is 2.47. The molecule has 8 heavy (non-hydrogen) atoms. The van der Waals surface area contributed by atoms with E-state index in [1.54, 1.807) is 0 Å². The summed E-state index contributed by atoms with van der Waals surface area (Å²) in [4.78, 5) is 2.12. The van der Waals surface area contributed by atoms with Crippen LogP contribution >= 0.6 is 0 Å². The maximum absolute atomic E-state index is 3.93. The molecule has 0 amide bonds. The van der Waals surface area contributed by atoms with Crippen LogP contribution in [0.2, 0.25) is 0 Å². The van der Waals surface area contributed by atoms with Gasteiger partial charge in [0.2, 0.25) is 0 Å². The van der Waals surface area contributed by atoms with E-state index in [0.29, 0.717) is 0 Å². The van der Waals surface area contributed by atoms with Crippen LogP contribution < -0.4 is 51.4 Å². The average Bonchev–Trinajstić information content (AvgIpc) is 1.61. The SMILES string of the molecule is C[N-]CCN(C)C.[K+]. The van der Waals surface area contributed by atoms with Crippen LogP contribution in [-0.2, 0) is 0 Å². The Balaban J connectivity index is 0. The predicted octanol–water partition coefficient (Wildman–Crippen LogP) is -2.44. The molecule has 0 saturated carbocycles. The summed E-state index contributed by atoms with van der Waals surface area (Å²) in [6, 6.07) is 0. The second kappa shape index (κ2) is 8.56. The summed E-state index contributed by atoms with van der Waals surface area (Å²) in [5.41, 5.74) is 0. The Hall–Kier alpha value is 1.56. The summed E-state index contributed by atoms with van der Waals surface area (Å²) >= 11 is 0. The summed E-state index contributed by atoms with van der Waals surface area (Å²) in [7, 11) is 5.93. The second-order valence-corrected chi connectivity index (χ2v) is 1.84. The van der Waals surface area contributed by atoms with Crippen LogP contribution in [0.5, 0.6) is 0 Å². The molecule has 0 saturated heterocycles. The Labute approximate surface area is 94.4 Å². The van der Waals surface area contributed by atoms with Crippen LogP contribution in [0, 0.1) is 0 Å². The molecule has 0 aliphatic carbocycles. The van der Waals surface area contributed by atoms with Gasteiger partial charge < -0.3 is 10.2 Å². The molecular formula is C5H13KN2. The van der Waals surface area contributed by atoms with Crippen molar-refractivity contribution < 1.29 is 51.4 Å². The fourth-order valence-electron chi connectivity index (χ4n) is 0.300. The molecule has 0 fully saturated rings. The molecular weight excluding hydrogens is 127 g/mol. The minimum atomic E-state index is 0. The van der Waals surface area contributed by atoms with Gasteiger partial charge in [-0.25, -0.2) is 0 Å². The van der Waals surface area contributed by atoms with Gasteiger partial charge in [-0.15, -0.1) is 6.54 Å². The monoisotopic (exact) mass is 140 g/mol. The van der Waals surface area contributed by atoms with E-state index in [2.05, 4.69) is 10.2 Å². The van der Waals surface area contributed by atoms with E-state index in [4.69, 9.17) is 0 Å². The molecule has 0 atom stereocenters. The quantitative estimate of drug-likeness (QED) is 0.398. The molecule has 0 aromatic carbocycles. The van der Waals surface area contributed by atoms with Crippen molar-refractivity contribution >= 4 is 0 Å². The number of likely N-dealkylation sites (N-methyl/N-ethyl adjacent to an activating group) is 2. The molecule has 0 heterocycles. The van der Waals surface area contributed by atoms with Gasteiger partial charge in [0.05, 0.1) is 0 Å². The van der Waals surface area contributed by atoms with E-state index in [1.807, 2.05) is 21.1 Å². The molecule has 0 aliphatic heterocycles. The van der Waals surface area contributed by atoms with Crippen LogP contribution in [0.15, 0.2) is 0 Å². The van der Waals surface area contributed by atoms with Gasteiger partial charge in [0.1, 0.15) is 0 Å². The van der Waals surface area contributed by atoms with Gasteiger partial charge in [0.15, 0.2) is 0 Å². The first kappa shape index (κ1) is 12.3. The topological polar surface area (TPSA) is 17.3 Å². The van der Waals surface area contributed by atoms with Gasteiger partial charge in [0, 0.05) is 0 Å². The zero-order valence-corrected chi connectivity index (χ0v) is 9.43. The van der Waals surface area contributed by atoms with Crippen LogP contribution in [0.1, 0.15) is 0 Å². The summed E-state index contributed by atoms with van der Waals surface area (Å²) in [6.45, 7) is 2.02. The molecule has 0 unspecified atom stereocenters. The molecule has 44 valence electrons. The maximum atomic E-state index is 3.93. The summed E-state index contributed by atoms with van der Waals surface area (Å²) in [5, 5.41) is 3.93. The van der Waals surface area contributed by atoms with Crippen LogP contribution in [0.4, 0.5) is 0 Å². The summed E-state index contributed by atoms with van der Waals surface area (Å²) in [5.74, 6) is 0. The Bertz CT molecular complexity index is 39.4. The first-order valence-corrected chi connectivity index (χ1v) is 2.47. The minimum absolute atomic E-state index is 0. The Morgan fingerprint density at radius 2 is 1.88 bits per heavy atom. The molecule has 3 heteroatoms. The van der Waals surface area contributed by atoms with E-state index in [0.717, 1.165) is 13.1 Å². The zero-order chi connectivity index (χ0) is 5.70. The molecule has 0 rings (SSSR count). The van der Waals surface area contributed by atoms with E-state index in [-0.39, 0.29) is 51.4 Å². The van der Waals surface area contributed by atoms with Gasteiger partial charge in [-0.2, -0.15) is 7.05 Å². The number of hydrogen-bond acceptors (Lipinski definition) is 1. The average molecular weight is 140 g/mol. The van der Waals surface area contributed by atoms with Gasteiger partial charge in [-0.3, -0.25) is 0 Å². The summed E-state index contributed by atoms with van der Waals surface area (Å²) < 4.78 is 0. The third-order valence-corrected chi connectivity index (χ3v) is 0.771. The molecule has 2 nitrogen and oxygen atoms in total. The van der Waals surface area contributed by atoms with Gasteiger partial charge in [-0.05, 0) is 20.6 Å². The van der Waals surface area contributed by atoms with Crippen molar-refractivity contribution in [2.45, 2.75) is 0 Å². The molecule has 0 spiro atoms. The Morgan fingerprint density at radius 3 is 2.00 bits per heavy atom. The van der Waals surface area contributed by atoms with Crippen LogP contribution in [0.3, 0.4) is 0 Å². The van der Waals surface area contributed by atoms with Crippen molar-refractivity contribution in [1.82, 2.24) is 4.90 Å². The smallest absolute Gasteiger partial charge is 0.664 e. The number of rotatable bonds is 3. The Morgan fingerprint density at radius 1 is 1.38 bits per heavy atom. The Kier molecular flexibility index (Phi) is 13.1. The van der Waals surface area contributed by atoms with Crippen molar-refractivity contribution in [3.8, 4) is 0 Å². The van der Waals surface area contributed by atoms with Crippen molar-refractivity contribution in [3.05, 3.63) is 5.32 Å². The van der Waals surface area contributed by atoms with Crippen LogP contribution in [0.25, 0.3) is 5.32 Å². The summed E-state index contributed by atoms with van der Waals surface area (Å²) in [6.07, 6.45) is 0. The minimum Gasteiger partial charge on any atom is -0.664 e. The normalized spacial score (nSPS) is 9.00. The largest absolute Gasteiger partial charge is 1.00 e. The third-order valence-electron chi connectivity index (χ3n) is 0.771. The van der Waals surface area contributed by atoms with E-state index in [9.17, 15) is 0 Å². The van der Waals surface area contributed by atoms with Gasteiger partial charge in [-0.1, -0.05) is 0 Å². The zero-order valence-electron chi connectivity index (χ0n) is 6.31. The van der Waals surface area contributed by atoms with Crippen molar-refractivity contribution in [2.75, 3.05) is 34.2 Å². The van der Waals surface area contributed by atoms with E-state index >= 15 is 0 Å². The number of hydrogen-bond donors (Lipinski definition) is 0.